The summed E-state index contributed by atoms with van der Waals surface area (Å²) < 4.78 is 9.55. The van der Waals surface area contributed by atoms with Gasteiger partial charge in [-0.2, -0.15) is 0 Å². The summed E-state index contributed by atoms with van der Waals surface area (Å²) in [6, 6.07) is 7.49. The topological polar surface area (TPSA) is 35.5 Å². The first-order valence-corrected chi connectivity index (χ1v) is 6.67. The number of hydrogen-bond donors (Lipinski definition) is 0. The number of methoxy groups -OCH3 is 1. The second-order valence-electron chi connectivity index (χ2n) is 3.69. The normalized spacial score (nSPS) is 13.9. The number of benzene rings is 1. The molecule has 0 fully saturated rings. The average molecular weight is 254 g/mol. The fourth-order valence-corrected chi connectivity index (χ4v) is 2.09. The molecule has 1 aromatic carbocycles. The number of thioether (sulfide) groups is 1. The van der Waals surface area contributed by atoms with E-state index in [4.69, 9.17) is 9.47 Å². The molecule has 0 aliphatic heterocycles. The lowest BCUT2D eigenvalue weighted by molar-refractivity contribution is -0.145. The van der Waals surface area contributed by atoms with Crippen LogP contribution in [0.25, 0.3) is 0 Å². The highest BCUT2D eigenvalue weighted by Crippen LogP contribution is 2.36. The van der Waals surface area contributed by atoms with Crippen LogP contribution in [0.5, 0.6) is 5.75 Å². The number of ether oxygens (including phenoxy) is 2. The zero-order valence-electron chi connectivity index (χ0n) is 10.6. The number of hydrogen-bond acceptors (Lipinski definition) is 4. The maximum Gasteiger partial charge on any atom is 0.326 e. The van der Waals surface area contributed by atoms with Gasteiger partial charge in [0.05, 0.1) is 13.7 Å². The molecule has 0 amide bonds. The molecule has 0 saturated heterocycles. The molecule has 0 N–H and O–H groups in total. The third-order valence-electron chi connectivity index (χ3n) is 2.71. The highest BCUT2D eigenvalue weighted by atomic mass is 32.2. The summed E-state index contributed by atoms with van der Waals surface area (Å²) in [5.74, 6) is 0.568. The van der Waals surface area contributed by atoms with Crippen molar-refractivity contribution >= 4 is 17.7 Å². The Hall–Kier alpha value is -1.16. The van der Waals surface area contributed by atoms with Crippen LogP contribution in [0.2, 0.25) is 0 Å². The van der Waals surface area contributed by atoms with E-state index < -0.39 is 4.75 Å². The second-order valence-corrected chi connectivity index (χ2v) is 4.91. The molecule has 0 aliphatic carbocycles. The van der Waals surface area contributed by atoms with Crippen LogP contribution in [-0.2, 0) is 14.3 Å². The third-order valence-corrected chi connectivity index (χ3v) is 3.93. The Morgan fingerprint density at radius 2 is 1.94 bits per heavy atom. The maximum atomic E-state index is 12.0. The average Bonchev–Trinajstić information content (AvgIpc) is 2.38. The van der Waals surface area contributed by atoms with Crippen LogP contribution in [0.15, 0.2) is 24.3 Å². The fourth-order valence-electron chi connectivity index (χ4n) is 1.50. The zero-order valence-corrected chi connectivity index (χ0v) is 11.5. The molecular formula is C13H18O3S. The van der Waals surface area contributed by atoms with Crippen molar-refractivity contribution in [3.63, 3.8) is 0 Å². The highest BCUT2D eigenvalue weighted by molar-refractivity contribution is 8.00. The first kappa shape index (κ1) is 13.9. The first-order chi connectivity index (χ1) is 8.08. The Balaban J connectivity index is 3.02. The Morgan fingerprint density at radius 1 is 1.35 bits per heavy atom. The van der Waals surface area contributed by atoms with Gasteiger partial charge in [0.25, 0.3) is 0 Å². The van der Waals surface area contributed by atoms with Gasteiger partial charge in [-0.1, -0.05) is 12.1 Å². The van der Waals surface area contributed by atoms with Crippen LogP contribution in [0.1, 0.15) is 19.4 Å². The summed E-state index contributed by atoms with van der Waals surface area (Å²) in [5, 5.41) is 0. The van der Waals surface area contributed by atoms with Crippen LogP contribution in [0.3, 0.4) is 0 Å². The van der Waals surface area contributed by atoms with Crippen LogP contribution in [0.4, 0.5) is 0 Å². The standard InChI is InChI=1S/C13H18O3S/c1-5-16-12(14)13(2,17-4)10-6-8-11(15-3)9-7-10/h6-9H,5H2,1-4H3. The molecular weight excluding hydrogens is 236 g/mol. The van der Waals surface area contributed by atoms with E-state index in [2.05, 4.69) is 0 Å². The van der Waals surface area contributed by atoms with Crippen LogP contribution in [-0.4, -0.2) is 25.9 Å². The van der Waals surface area contributed by atoms with Gasteiger partial charge in [-0.05, 0) is 37.8 Å². The molecule has 0 spiro atoms. The maximum absolute atomic E-state index is 12.0. The Labute approximate surface area is 106 Å². The van der Waals surface area contributed by atoms with Crippen molar-refractivity contribution in [3.8, 4) is 5.75 Å². The van der Waals surface area contributed by atoms with Crippen molar-refractivity contribution in [3.05, 3.63) is 29.8 Å². The molecule has 1 atom stereocenters. The van der Waals surface area contributed by atoms with Crippen molar-refractivity contribution in [1.82, 2.24) is 0 Å². The highest BCUT2D eigenvalue weighted by Gasteiger charge is 2.35. The first-order valence-electron chi connectivity index (χ1n) is 5.45. The zero-order chi connectivity index (χ0) is 12.9. The van der Waals surface area contributed by atoms with Crippen LogP contribution >= 0.6 is 11.8 Å². The minimum Gasteiger partial charge on any atom is -0.497 e. The van der Waals surface area contributed by atoms with Gasteiger partial charge in [0.15, 0.2) is 0 Å². The van der Waals surface area contributed by atoms with Crippen LogP contribution in [0, 0.1) is 0 Å². The lowest BCUT2D eigenvalue weighted by Crippen LogP contribution is -2.30. The fraction of sp³-hybridized carbons (Fsp3) is 0.462. The summed E-state index contributed by atoms with van der Waals surface area (Å²) in [6.07, 6.45) is 1.90. The van der Waals surface area contributed by atoms with Gasteiger partial charge in [-0.3, -0.25) is 4.79 Å². The number of carbonyl (C=O) groups excluding carboxylic acids is 1. The van der Waals surface area contributed by atoms with Crippen molar-refractivity contribution in [1.29, 1.82) is 0 Å². The molecule has 94 valence electrons. The van der Waals surface area contributed by atoms with E-state index in [1.807, 2.05) is 44.4 Å². The van der Waals surface area contributed by atoms with Crippen LogP contribution < -0.4 is 4.74 Å². The van der Waals surface area contributed by atoms with Gasteiger partial charge in [0.2, 0.25) is 0 Å². The molecule has 4 heteroatoms. The summed E-state index contributed by atoms with van der Waals surface area (Å²) in [5.41, 5.74) is 0.921. The quantitative estimate of drug-likeness (QED) is 0.757. The van der Waals surface area contributed by atoms with E-state index in [0.717, 1.165) is 11.3 Å². The molecule has 0 radical (unpaired) electrons. The molecule has 0 heterocycles. The van der Waals surface area contributed by atoms with Gasteiger partial charge >= 0.3 is 5.97 Å². The van der Waals surface area contributed by atoms with Gasteiger partial charge in [-0.25, -0.2) is 0 Å². The molecule has 3 nitrogen and oxygen atoms in total. The van der Waals surface area contributed by atoms with Crippen molar-refractivity contribution in [2.75, 3.05) is 20.0 Å². The Bertz CT molecular complexity index is 375. The summed E-state index contributed by atoms with van der Waals surface area (Å²) in [4.78, 5) is 12.0. The van der Waals surface area contributed by atoms with Crippen molar-refractivity contribution in [2.45, 2.75) is 18.6 Å². The molecule has 0 aliphatic rings. The Morgan fingerprint density at radius 3 is 2.35 bits per heavy atom. The van der Waals surface area contributed by atoms with Gasteiger partial charge in [0.1, 0.15) is 10.5 Å². The lowest BCUT2D eigenvalue weighted by Gasteiger charge is -2.25. The molecule has 17 heavy (non-hydrogen) atoms. The monoisotopic (exact) mass is 254 g/mol. The molecule has 1 unspecified atom stereocenters. The SMILES string of the molecule is CCOC(=O)C(C)(SC)c1ccc(OC)cc1. The molecule has 0 saturated carbocycles. The molecule has 0 bridgehead atoms. The third kappa shape index (κ3) is 2.94. The predicted octanol–water partition coefficient (Wildman–Crippen LogP) is 2.84. The molecule has 1 rings (SSSR count). The number of carbonyl (C=O) groups is 1. The van der Waals surface area contributed by atoms with E-state index >= 15 is 0 Å². The van der Waals surface area contributed by atoms with E-state index in [1.165, 1.54) is 11.8 Å². The van der Waals surface area contributed by atoms with E-state index in [9.17, 15) is 4.79 Å². The summed E-state index contributed by atoms with van der Waals surface area (Å²) >= 11 is 1.47. The lowest BCUT2D eigenvalue weighted by atomic mass is 10.0. The molecule has 0 aromatic heterocycles. The van der Waals surface area contributed by atoms with E-state index in [1.54, 1.807) is 7.11 Å². The minimum atomic E-state index is -0.664. The van der Waals surface area contributed by atoms with Crippen molar-refractivity contribution in [2.24, 2.45) is 0 Å². The van der Waals surface area contributed by atoms with Crippen molar-refractivity contribution < 1.29 is 14.3 Å². The number of rotatable bonds is 5. The second kappa shape index (κ2) is 5.96. The molecule has 1 aromatic rings. The summed E-state index contributed by atoms with van der Waals surface area (Å²) in [7, 11) is 1.62. The smallest absolute Gasteiger partial charge is 0.326 e. The van der Waals surface area contributed by atoms with E-state index in [0.29, 0.717) is 6.61 Å². The minimum absolute atomic E-state index is 0.210. The van der Waals surface area contributed by atoms with Gasteiger partial charge < -0.3 is 9.47 Å². The summed E-state index contributed by atoms with van der Waals surface area (Å²) in [6.45, 7) is 4.08. The largest absolute Gasteiger partial charge is 0.497 e. The van der Waals surface area contributed by atoms with E-state index in [-0.39, 0.29) is 5.97 Å². The number of esters is 1. The Kier molecular flexibility index (Phi) is 4.87. The van der Waals surface area contributed by atoms with Gasteiger partial charge in [-0.15, -0.1) is 11.8 Å². The van der Waals surface area contributed by atoms with Gasteiger partial charge in [0, 0.05) is 0 Å². The predicted molar refractivity (Wildman–Crippen MR) is 70.5 cm³/mol.